The number of carbonyl (C=O) groups is 1. The molecule has 0 spiro atoms. The lowest BCUT2D eigenvalue weighted by atomic mass is 10.2. The minimum Gasteiger partial charge on any atom is -0.394 e. The minimum absolute atomic E-state index is 0.0884. The number of rotatable bonds is 2. The number of hydrogen-bond acceptors (Lipinski definition) is 7. The Hall–Kier alpha value is -1.42. The number of hydrogen-bond donors (Lipinski definition) is 5. The van der Waals surface area contributed by atoms with E-state index in [2.05, 4.69) is 10.3 Å². The second kappa shape index (κ2) is 4.45. The monoisotopic (exact) mass is 246 g/mol. The Morgan fingerprint density at radius 2 is 2.29 bits per heavy atom. The number of aliphatic imine (C=N–C) groups is 1. The molecule has 9 nitrogen and oxygen atoms in total. The zero-order valence-electron chi connectivity index (χ0n) is 8.85. The van der Waals surface area contributed by atoms with Gasteiger partial charge < -0.3 is 25.8 Å². The maximum Gasteiger partial charge on any atom is 0.329 e. The van der Waals surface area contributed by atoms with Crippen LogP contribution in [-0.4, -0.2) is 63.6 Å². The second-order valence-corrected chi connectivity index (χ2v) is 3.81. The molecule has 0 bridgehead atoms. The molecular formula is C8H14N4O5. The Morgan fingerprint density at radius 1 is 1.59 bits per heavy atom. The molecule has 17 heavy (non-hydrogen) atoms. The standard InChI is InChI=1S/C8H14N4O5/c9-6-10-7(15)12(8(16)11-6)5-1-3(14)4(2-13)17-5/h3-5,7,13-15H,1-2H2,(H3,9,10,11,16)/t3?,4-,5-,7?/m1/s1. The molecule has 0 aromatic heterocycles. The third-order valence-corrected chi connectivity index (χ3v) is 2.67. The Bertz CT molecular complexity index is 349. The number of carbonyl (C=O) groups excluding carboxylic acids is 1. The van der Waals surface area contributed by atoms with Gasteiger partial charge in [0.1, 0.15) is 12.3 Å². The van der Waals surface area contributed by atoms with Crippen LogP contribution in [0.1, 0.15) is 6.42 Å². The van der Waals surface area contributed by atoms with Gasteiger partial charge >= 0.3 is 6.03 Å². The molecule has 0 radical (unpaired) electrons. The van der Waals surface area contributed by atoms with E-state index in [0.29, 0.717) is 0 Å². The molecule has 1 fully saturated rings. The molecule has 2 rings (SSSR count). The lowest BCUT2D eigenvalue weighted by Crippen LogP contribution is -2.58. The number of aliphatic hydroxyl groups is 3. The summed E-state index contributed by atoms with van der Waals surface area (Å²) in [6.07, 6.45) is -3.89. The molecular weight excluding hydrogens is 232 g/mol. The van der Waals surface area contributed by atoms with E-state index in [4.69, 9.17) is 15.6 Å². The molecule has 2 heterocycles. The Kier molecular flexibility index (Phi) is 3.15. The number of amides is 2. The van der Waals surface area contributed by atoms with Crippen molar-refractivity contribution < 1.29 is 24.9 Å². The third kappa shape index (κ3) is 2.17. The Balaban J connectivity index is 2.11. The molecule has 0 aromatic rings. The topological polar surface area (TPSA) is 141 Å². The highest BCUT2D eigenvalue weighted by Crippen LogP contribution is 2.25. The van der Waals surface area contributed by atoms with E-state index in [0.717, 1.165) is 4.90 Å². The number of nitrogens with one attached hydrogen (secondary N) is 1. The minimum atomic E-state index is -1.46. The van der Waals surface area contributed by atoms with Crippen molar-refractivity contribution in [2.24, 2.45) is 10.7 Å². The van der Waals surface area contributed by atoms with Gasteiger partial charge in [-0.1, -0.05) is 0 Å². The molecule has 2 aliphatic rings. The van der Waals surface area contributed by atoms with E-state index < -0.39 is 30.8 Å². The SMILES string of the molecule is NC1=NC(O)N([C@H]2CC(O)[C@@H](CO)O2)C(=O)N1. The number of guanidine groups is 1. The van der Waals surface area contributed by atoms with Crippen LogP contribution in [0.25, 0.3) is 0 Å². The summed E-state index contributed by atoms with van der Waals surface area (Å²) in [5.74, 6) is -0.184. The van der Waals surface area contributed by atoms with Crippen molar-refractivity contribution in [3.63, 3.8) is 0 Å². The van der Waals surface area contributed by atoms with Gasteiger partial charge in [0, 0.05) is 6.42 Å². The summed E-state index contributed by atoms with van der Waals surface area (Å²) in [5.41, 5.74) is 5.26. The van der Waals surface area contributed by atoms with Gasteiger partial charge in [0.15, 0.2) is 0 Å². The average Bonchev–Trinajstić information content (AvgIpc) is 2.57. The zero-order chi connectivity index (χ0) is 12.6. The van der Waals surface area contributed by atoms with Gasteiger partial charge in [-0.05, 0) is 0 Å². The maximum atomic E-state index is 11.6. The zero-order valence-corrected chi connectivity index (χ0v) is 8.85. The fourth-order valence-corrected chi connectivity index (χ4v) is 1.83. The summed E-state index contributed by atoms with van der Waals surface area (Å²) < 4.78 is 5.23. The van der Waals surface area contributed by atoms with Crippen LogP contribution in [0.4, 0.5) is 4.79 Å². The summed E-state index contributed by atoms with van der Waals surface area (Å²) >= 11 is 0. The highest BCUT2D eigenvalue weighted by Gasteiger charge is 2.42. The largest absolute Gasteiger partial charge is 0.394 e. The van der Waals surface area contributed by atoms with Gasteiger partial charge in [0.05, 0.1) is 12.7 Å². The smallest absolute Gasteiger partial charge is 0.329 e. The average molecular weight is 246 g/mol. The lowest BCUT2D eigenvalue weighted by Gasteiger charge is -2.33. The molecule has 6 N–H and O–H groups in total. The fraction of sp³-hybridized carbons (Fsp3) is 0.750. The number of ether oxygens (including phenoxy) is 1. The quantitative estimate of drug-likeness (QED) is 0.353. The van der Waals surface area contributed by atoms with Gasteiger partial charge in [-0.3, -0.25) is 10.2 Å². The first kappa shape index (κ1) is 12.0. The van der Waals surface area contributed by atoms with Crippen molar-refractivity contribution in [2.75, 3.05) is 6.61 Å². The highest BCUT2D eigenvalue weighted by molar-refractivity contribution is 5.97. The Labute approximate surface area is 96.5 Å². The van der Waals surface area contributed by atoms with Crippen LogP contribution in [0.3, 0.4) is 0 Å². The predicted molar refractivity (Wildman–Crippen MR) is 54.4 cm³/mol. The molecule has 9 heteroatoms. The molecule has 2 unspecified atom stereocenters. The van der Waals surface area contributed by atoms with E-state index in [1.165, 1.54) is 0 Å². The van der Waals surface area contributed by atoms with E-state index >= 15 is 0 Å². The van der Waals surface area contributed by atoms with Crippen molar-refractivity contribution in [2.45, 2.75) is 31.2 Å². The summed E-state index contributed by atoms with van der Waals surface area (Å²) in [5, 5.41) is 30.2. The van der Waals surface area contributed by atoms with E-state index in [1.54, 1.807) is 0 Å². The van der Waals surface area contributed by atoms with Crippen molar-refractivity contribution in [3.05, 3.63) is 0 Å². The number of nitrogens with zero attached hydrogens (tertiary/aromatic N) is 2. The van der Waals surface area contributed by atoms with Crippen molar-refractivity contribution >= 4 is 12.0 Å². The maximum absolute atomic E-state index is 11.6. The lowest BCUT2D eigenvalue weighted by molar-refractivity contribution is -0.109. The molecule has 0 saturated carbocycles. The molecule has 4 atom stereocenters. The first-order valence-corrected chi connectivity index (χ1v) is 5.08. The van der Waals surface area contributed by atoms with Gasteiger partial charge in [-0.2, -0.15) is 0 Å². The van der Waals surface area contributed by atoms with Gasteiger partial charge in [0.25, 0.3) is 0 Å². The molecule has 1 saturated heterocycles. The van der Waals surface area contributed by atoms with Crippen molar-refractivity contribution in [1.82, 2.24) is 10.2 Å². The van der Waals surface area contributed by atoms with Gasteiger partial charge in [-0.15, -0.1) is 0 Å². The van der Waals surface area contributed by atoms with Crippen LogP contribution >= 0.6 is 0 Å². The van der Waals surface area contributed by atoms with E-state index in [1.807, 2.05) is 0 Å². The van der Waals surface area contributed by atoms with Crippen molar-refractivity contribution in [3.8, 4) is 0 Å². The van der Waals surface area contributed by atoms with Crippen molar-refractivity contribution in [1.29, 1.82) is 0 Å². The Morgan fingerprint density at radius 3 is 2.82 bits per heavy atom. The predicted octanol–water partition coefficient (Wildman–Crippen LogP) is -2.93. The molecule has 2 aliphatic heterocycles. The number of aliphatic hydroxyl groups excluding tert-OH is 3. The molecule has 0 aromatic carbocycles. The van der Waals surface area contributed by atoms with E-state index in [9.17, 15) is 15.0 Å². The van der Waals surface area contributed by atoms with Gasteiger partial charge in [0.2, 0.25) is 12.3 Å². The van der Waals surface area contributed by atoms with Crippen LogP contribution in [-0.2, 0) is 4.74 Å². The molecule has 2 amide bonds. The summed E-state index contributed by atoms with van der Waals surface area (Å²) in [7, 11) is 0. The summed E-state index contributed by atoms with van der Waals surface area (Å²) in [6.45, 7) is -0.366. The van der Waals surface area contributed by atoms with E-state index in [-0.39, 0.29) is 19.0 Å². The van der Waals surface area contributed by atoms with Crippen LogP contribution in [0, 0.1) is 0 Å². The summed E-state index contributed by atoms with van der Waals surface area (Å²) in [4.78, 5) is 16.0. The third-order valence-electron chi connectivity index (χ3n) is 2.67. The van der Waals surface area contributed by atoms with Crippen LogP contribution < -0.4 is 11.1 Å². The first-order chi connectivity index (χ1) is 8.02. The first-order valence-electron chi connectivity index (χ1n) is 5.08. The molecule has 96 valence electrons. The summed E-state index contributed by atoms with van der Waals surface area (Å²) in [6, 6.07) is -0.666. The van der Waals surface area contributed by atoms with Gasteiger partial charge in [-0.25, -0.2) is 9.79 Å². The number of nitrogens with two attached hydrogens (primary N) is 1. The van der Waals surface area contributed by atoms with Crippen LogP contribution in [0.2, 0.25) is 0 Å². The van der Waals surface area contributed by atoms with Crippen LogP contribution in [0.5, 0.6) is 0 Å². The highest BCUT2D eigenvalue weighted by atomic mass is 16.5. The van der Waals surface area contributed by atoms with Crippen LogP contribution in [0.15, 0.2) is 4.99 Å². The normalized spacial score (nSPS) is 37.9. The number of urea groups is 1. The molecule has 0 aliphatic carbocycles. The fourth-order valence-electron chi connectivity index (χ4n) is 1.83. The second-order valence-electron chi connectivity index (χ2n) is 3.81.